The Morgan fingerprint density at radius 3 is 2.73 bits per heavy atom. The van der Waals surface area contributed by atoms with E-state index in [9.17, 15) is 4.79 Å². The maximum atomic E-state index is 12.7. The molecule has 6 heteroatoms. The number of nitrogens with one attached hydrogen (secondary N) is 1. The molecule has 0 spiro atoms. The molecule has 2 aromatic carbocycles. The van der Waals surface area contributed by atoms with Gasteiger partial charge in [-0.05, 0) is 36.8 Å². The van der Waals surface area contributed by atoms with Gasteiger partial charge >= 0.3 is 0 Å². The van der Waals surface area contributed by atoms with Crippen LogP contribution in [0.15, 0.2) is 64.1 Å². The molecular formula is C20H18ClNO3S. The van der Waals surface area contributed by atoms with E-state index in [1.165, 1.54) is 13.4 Å². The number of aryl methyl sites for hydroxylation is 1. The lowest BCUT2D eigenvalue weighted by atomic mass is 10.2. The molecule has 0 unspecified atom stereocenters. The first-order valence-electron chi connectivity index (χ1n) is 7.98. The Labute approximate surface area is 161 Å². The third-order valence-corrected chi connectivity index (χ3v) is 5.29. The van der Waals surface area contributed by atoms with Crippen LogP contribution >= 0.6 is 23.4 Å². The van der Waals surface area contributed by atoms with Crippen molar-refractivity contribution in [2.24, 2.45) is 0 Å². The Bertz CT molecular complexity index is 909. The average Bonchev–Trinajstić information content (AvgIpc) is 3.12. The van der Waals surface area contributed by atoms with E-state index in [0.29, 0.717) is 28.0 Å². The number of thioether (sulfide) groups is 1. The molecule has 3 rings (SSSR count). The number of anilines is 1. The molecule has 1 N–H and O–H groups in total. The van der Waals surface area contributed by atoms with Gasteiger partial charge in [0.1, 0.15) is 5.75 Å². The van der Waals surface area contributed by atoms with Crippen LogP contribution in [-0.2, 0) is 5.75 Å². The molecule has 0 aliphatic carbocycles. The van der Waals surface area contributed by atoms with Crippen molar-refractivity contribution in [3.63, 3.8) is 0 Å². The second-order valence-corrected chi connectivity index (χ2v) is 7.09. The van der Waals surface area contributed by atoms with Crippen molar-refractivity contribution >= 4 is 35.0 Å². The van der Waals surface area contributed by atoms with E-state index < -0.39 is 0 Å². The zero-order valence-electron chi connectivity index (χ0n) is 14.4. The van der Waals surface area contributed by atoms with Gasteiger partial charge in [0.15, 0.2) is 5.76 Å². The van der Waals surface area contributed by atoms with E-state index in [1.807, 2.05) is 43.3 Å². The monoisotopic (exact) mass is 387 g/mol. The number of methoxy groups -OCH3 is 1. The van der Waals surface area contributed by atoms with Crippen LogP contribution in [0.2, 0.25) is 5.02 Å². The molecule has 1 aromatic heterocycles. The van der Waals surface area contributed by atoms with Gasteiger partial charge in [0.05, 0.1) is 19.1 Å². The molecule has 0 atom stereocenters. The maximum Gasteiger partial charge on any atom is 0.291 e. The molecule has 134 valence electrons. The van der Waals surface area contributed by atoms with E-state index in [0.717, 1.165) is 16.0 Å². The molecule has 3 aromatic rings. The van der Waals surface area contributed by atoms with Crippen molar-refractivity contribution in [1.29, 1.82) is 0 Å². The largest absolute Gasteiger partial charge is 0.495 e. The van der Waals surface area contributed by atoms with Gasteiger partial charge in [0, 0.05) is 27.3 Å². The molecule has 1 amide bonds. The van der Waals surface area contributed by atoms with Gasteiger partial charge in [-0.15, -0.1) is 11.8 Å². The molecule has 1 heterocycles. The van der Waals surface area contributed by atoms with Crippen LogP contribution in [0.4, 0.5) is 5.69 Å². The molecule has 0 bridgehead atoms. The number of rotatable bonds is 6. The Morgan fingerprint density at radius 1 is 1.23 bits per heavy atom. The van der Waals surface area contributed by atoms with E-state index in [2.05, 4.69) is 5.32 Å². The highest BCUT2D eigenvalue weighted by molar-refractivity contribution is 7.98. The highest BCUT2D eigenvalue weighted by Gasteiger charge is 2.18. The van der Waals surface area contributed by atoms with Crippen LogP contribution < -0.4 is 10.1 Å². The van der Waals surface area contributed by atoms with Crippen LogP contribution in [0.5, 0.6) is 5.75 Å². The minimum Gasteiger partial charge on any atom is -0.495 e. The van der Waals surface area contributed by atoms with Gasteiger partial charge in [-0.3, -0.25) is 4.79 Å². The predicted octanol–water partition coefficient (Wildman–Crippen LogP) is 5.79. The fraction of sp³-hybridized carbons (Fsp3) is 0.150. The van der Waals surface area contributed by atoms with Crippen LogP contribution in [0, 0.1) is 6.92 Å². The zero-order valence-corrected chi connectivity index (χ0v) is 16.0. The van der Waals surface area contributed by atoms with Crippen molar-refractivity contribution in [3.05, 3.63) is 76.7 Å². The van der Waals surface area contributed by atoms with Gasteiger partial charge in [-0.1, -0.05) is 29.8 Å². The number of halogens is 1. The average molecular weight is 388 g/mol. The number of ether oxygens (including phenoxy) is 1. The van der Waals surface area contributed by atoms with Crippen molar-refractivity contribution in [2.75, 3.05) is 12.4 Å². The summed E-state index contributed by atoms with van der Waals surface area (Å²) in [7, 11) is 1.53. The minimum absolute atomic E-state index is 0.295. The van der Waals surface area contributed by atoms with E-state index in [-0.39, 0.29) is 5.91 Å². The fourth-order valence-corrected chi connectivity index (χ4v) is 3.49. The number of amides is 1. The van der Waals surface area contributed by atoms with Gasteiger partial charge < -0.3 is 14.5 Å². The van der Waals surface area contributed by atoms with Crippen molar-refractivity contribution in [3.8, 4) is 5.75 Å². The standard InChI is InChI=1S/C20H18ClNO3S/c1-13-10-17(18(24-2)11-16(13)21)22-20(23)19-14(8-9-25-19)12-26-15-6-4-3-5-7-15/h3-11H,12H2,1-2H3,(H,22,23). The smallest absolute Gasteiger partial charge is 0.291 e. The summed E-state index contributed by atoms with van der Waals surface area (Å²) in [6.07, 6.45) is 1.53. The SMILES string of the molecule is COc1cc(Cl)c(C)cc1NC(=O)c1occc1CSc1ccccc1. The molecule has 0 radical (unpaired) electrons. The Balaban J connectivity index is 1.75. The molecular weight excluding hydrogens is 370 g/mol. The quantitative estimate of drug-likeness (QED) is 0.543. The summed E-state index contributed by atoms with van der Waals surface area (Å²) in [4.78, 5) is 13.8. The molecule has 0 fully saturated rings. The van der Waals surface area contributed by atoms with Crippen LogP contribution in [0.1, 0.15) is 21.7 Å². The van der Waals surface area contributed by atoms with Crippen LogP contribution in [0.3, 0.4) is 0 Å². The first-order chi connectivity index (χ1) is 12.6. The van der Waals surface area contributed by atoms with E-state index >= 15 is 0 Å². The summed E-state index contributed by atoms with van der Waals surface area (Å²) in [6, 6.07) is 15.3. The minimum atomic E-state index is -0.321. The summed E-state index contributed by atoms with van der Waals surface area (Å²) in [6.45, 7) is 1.87. The lowest BCUT2D eigenvalue weighted by Crippen LogP contribution is -2.13. The van der Waals surface area contributed by atoms with Crippen LogP contribution in [-0.4, -0.2) is 13.0 Å². The zero-order chi connectivity index (χ0) is 18.5. The van der Waals surface area contributed by atoms with Gasteiger partial charge in [0.25, 0.3) is 5.91 Å². The third-order valence-electron chi connectivity index (χ3n) is 3.82. The number of carbonyl (C=O) groups is 1. The number of hydrogen-bond donors (Lipinski definition) is 1. The predicted molar refractivity (Wildman–Crippen MR) is 105 cm³/mol. The summed E-state index contributed by atoms with van der Waals surface area (Å²) < 4.78 is 10.7. The normalized spacial score (nSPS) is 10.6. The summed E-state index contributed by atoms with van der Waals surface area (Å²) in [5, 5.41) is 3.43. The number of furan rings is 1. The van der Waals surface area contributed by atoms with Crippen molar-refractivity contribution in [2.45, 2.75) is 17.6 Å². The fourth-order valence-electron chi connectivity index (χ4n) is 2.44. The lowest BCUT2D eigenvalue weighted by molar-refractivity contribution is 0.0995. The van der Waals surface area contributed by atoms with Gasteiger partial charge in [-0.2, -0.15) is 0 Å². The Hall–Kier alpha value is -2.37. The molecule has 4 nitrogen and oxygen atoms in total. The van der Waals surface area contributed by atoms with Gasteiger partial charge in [-0.25, -0.2) is 0 Å². The summed E-state index contributed by atoms with van der Waals surface area (Å²) in [5.74, 6) is 1.11. The number of benzene rings is 2. The highest BCUT2D eigenvalue weighted by Crippen LogP contribution is 2.32. The summed E-state index contributed by atoms with van der Waals surface area (Å²) >= 11 is 7.76. The van der Waals surface area contributed by atoms with E-state index in [4.69, 9.17) is 20.8 Å². The molecule has 0 aliphatic rings. The third kappa shape index (κ3) is 4.23. The Kier molecular flexibility index (Phi) is 5.91. The number of hydrogen-bond acceptors (Lipinski definition) is 4. The van der Waals surface area contributed by atoms with Crippen LogP contribution in [0.25, 0.3) is 0 Å². The molecule has 26 heavy (non-hydrogen) atoms. The summed E-state index contributed by atoms with van der Waals surface area (Å²) in [5.41, 5.74) is 2.24. The molecule has 0 saturated carbocycles. The maximum absolute atomic E-state index is 12.7. The van der Waals surface area contributed by atoms with Crippen molar-refractivity contribution in [1.82, 2.24) is 0 Å². The molecule has 0 aliphatic heterocycles. The second-order valence-electron chi connectivity index (χ2n) is 5.63. The first kappa shape index (κ1) is 18.4. The Morgan fingerprint density at radius 2 is 2.00 bits per heavy atom. The second kappa shape index (κ2) is 8.34. The molecule has 0 saturated heterocycles. The van der Waals surface area contributed by atoms with Crippen molar-refractivity contribution < 1.29 is 13.9 Å². The van der Waals surface area contributed by atoms with E-state index in [1.54, 1.807) is 23.9 Å². The number of carbonyl (C=O) groups excluding carboxylic acids is 1. The van der Waals surface area contributed by atoms with Gasteiger partial charge in [0.2, 0.25) is 0 Å². The first-order valence-corrected chi connectivity index (χ1v) is 9.34. The highest BCUT2D eigenvalue weighted by atomic mass is 35.5. The topological polar surface area (TPSA) is 51.5 Å². The lowest BCUT2D eigenvalue weighted by Gasteiger charge is -2.12.